The summed E-state index contributed by atoms with van der Waals surface area (Å²) in [4.78, 5) is 0. The van der Waals surface area contributed by atoms with Gasteiger partial charge in [0.25, 0.3) is 0 Å². The van der Waals surface area contributed by atoms with E-state index in [0.29, 0.717) is 0 Å². The Balaban J connectivity index is -0.00000000500. The molecule has 0 heterocycles. The third-order valence-electron chi connectivity index (χ3n) is 0. The van der Waals surface area contributed by atoms with Crippen molar-refractivity contribution < 1.29 is 31.5 Å². The molecule has 6 nitrogen and oxygen atoms in total. The van der Waals surface area contributed by atoms with Crippen molar-refractivity contribution in [3.63, 3.8) is 0 Å². The Labute approximate surface area is 71.3 Å². The molecule has 0 aliphatic carbocycles. The van der Waals surface area contributed by atoms with Gasteiger partial charge in [-0.3, -0.25) is 0 Å². The van der Waals surface area contributed by atoms with Crippen molar-refractivity contribution in [3.8, 4) is 0 Å². The molecule has 0 radical (unpaired) electrons. The zero-order valence-corrected chi connectivity index (χ0v) is 8.45. The molecule has 0 amide bonds. The molecule has 0 unspecified atom stereocenters. The van der Waals surface area contributed by atoms with Crippen molar-refractivity contribution in [3.05, 3.63) is 0 Å². The first kappa shape index (κ1) is 35.8. The van der Waals surface area contributed by atoms with Gasteiger partial charge in [-0.25, -0.2) is 0 Å². The van der Waals surface area contributed by atoms with E-state index in [1.54, 1.807) is 0 Å². The van der Waals surface area contributed by atoms with Crippen LogP contribution in [0.25, 0.3) is 0 Å². The van der Waals surface area contributed by atoms with Crippen LogP contribution in [0.15, 0.2) is 0 Å². The minimum Gasteiger partial charge on any atom is -1.00 e. The van der Waals surface area contributed by atoms with Crippen molar-refractivity contribution in [1.82, 2.24) is 0 Å². The van der Waals surface area contributed by atoms with E-state index in [-0.39, 0.29) is 39.6 Å². The van der Waals surface area contributed by atoms with Gasteiger partial charge in [0.2, 0.25) is 0 Å². The van der Waals surface area contributed by atoms with Crippen LogP contribution < -0.4 is 31.5 Å². The second-order valence-corrected chi connectivity index (χ2v) is 0. The van der Waals surface area contributed by atoms with Crippen molar-refractivity contribution in [1.29, 1.82) is 0 Å². The van der Waals surface area contributed by atoms with E-state index in [1.807, 2.05) is 0 Å². The molecule has 0 N–H and O–H groups in total. The molecule has 0 aliphatic rings. The van der Waals surface area contributed by atoms with Gasteiger partial charge in [-0.15, -0.1) is 0 Å². The third-order valence-corrected chi connectivity index (χ3v) is 0. The van der Waals surface area contributed by atoms with Gasteiger partial charge in [-0.05, 0) is 0 Å². The predicted octanol–water partition coefficient (Wildman–Crippen LogP) is -7.90. The first-order valence-electron chi connectivity index (χ1n) is 0.500. The summed E-state index contributed by atoms with van der Waals surface area (Å²) in [6, 6.07) is 0. The van der Waals surface area contributed by atoms with Crippen molar-refractivity contribution in [2.75, 3.05) is 0 Å². The Morgan fingerprint density at radius 2 is 0.375 bits per heavy atom. The number of rotatable bonds is 0. The molecule has 0 rings (SSSR count). The first-order valence-corrected chi connectivity index (χ1v) is 0.500. The average Bonchev–Trinajstić information content (AvgIpc) is 1.81. The number of hydrogen-bond acceptors (Lipinski definition) is 6. The van der Waals surface area contributed by atoms with Gasteiger partial charge in [0.15, 0.2) is 0 Å². The third kappa shape index (κ3) is 240. The van der Waals surface area contributed by atoms with Crippen LogP contribution in [0.3, 0.4) is 0 Å². The van der Waals surface area contributed by atoms with Crippen molar-refractivity contribution in [2.24, 2.45) is 0 Å². The van der Waals surface area contributed by atoms with Gasteiger partial charge in [0.1, 0.15) is 0 Å². The molecule has 0 atom stereocenters. The quantitative estimate of drug-likeness (QED) is 0.232. The topological polar surface area (TPSA) is 138 Å². The Morgan fingerprint density at radius 1 is 0.375 bits per heavy atom. The van der Waals surface area contributed by atoms with E-state index < -0.39 is 0 Å². The molecular weight excluding hydrogens is 235 g/mol. The number of hydrogen-bond donors (Lipinski definition) is 0. The molecule has 0 saturated carbocycles. The molecule has 0 aromatic rings. The second-order valence-electron chi connectivity index (χ2n) is 0. The van der Waals surface area contributed by atoms with E-state index in [1.165, 1.54) is 0 Å². The predicted molar refractivity (Wildman–Crippen MR) is 11.5 cm³/mol. The fraction of sp³-hybridized carbons (Fsp3) is 0. The summed E-state index contributed by atoms with van der Waals surface area (Å²) in [5.74, 6) is 0. The first-order chi connectivity index (χ1) is 3.00. The molecule has 0 aromatic carbocycles. The van der Waals surface area contributed by atoms with E-state index in [0.717, 1.165) is 0 Å². The maximum Gasteiger partial charge on any atom is 3.00 e. The SMILES string of the molecule is [Ga+3].[Ga+3].[O-][O-].[O-][O-].[O-][O-]. The largest absolute Gasteiger partial charge is 3.00 e. The van der Waals surface area contributed by atoms with Crippen LogP contribution in [0.5, 0.6) is 0 Å². The molecule has 0 aromatic heterocycles. The van der Waals surface area contributed by atoms with Crippen LogP contribution in [0, 0.1) is 0 Å². The van der Waals surface area contributed by atoms with Crippen LogP contribution in [0.1, 0.15) is 0 Å². The zero-order valence-electron chi connectivity index (χ0n) is 3.60. The van der Waals surface area contributed by atoms with Gasteiger partial charge < -0.3 is 31.5 Å². The molecule has 42 valence electrons. The Bertz CT molecular complexity index is 6.49. The fourth-order valence-corrected chi connectivity index (χ4v) is 0. The molecular formula is Ga2O6. The standard InChI is InChI=1S/2Ga.3O2/c;;3*1-2/q2*+3;3*-2. The molecule has 0 saturated heterocycles. The fourth-order valence-electron chi connectivity index (χ4n) is 0. The summed E-state index contributed by atoms with van der Waals surface area (Å²) in [5.41, 5.74) is 0. The smallest absolute Gasteiger partial charge is 1.00 e. The van der Waals surface area contributed by atoms with Crippen molar-refractivity contribution >= 4 is 39.6 Å². The summed E-state index contributed by atoms with van der Waals surface area (Å²) in [7, 11) is 0. The van der Waals surface area contributed by atoms with Crippen LogP contribution in [-0.4, -0.2) is 39.6 Å². The summed E-state index contributed by atoms with van der Waals surface area (Å²) in [5, 5.41) is 42.0. The van der Waals surface area contributed by atoms with E-state index in [9.17, 15) is 0 Å². The molecule has 0 fully saturated rings. The summed E-state index contributed by atoms with van der Waals surface area (Å²) in [6.07, 6.45) is 0. The molecule has 8 heteroatoms. The Morgan fingerprint density at radius 3 is 0.375 bits per heavy atom. The normalized spacial score (nSPS) is 2.25. The van der Waals surface area contributed by atoms with E-state index in [4.69, 9.17) is 31.5 Å². The van der Waals surface area contributed by atoms with E-state index >= 15 is 0 Å². The minimum absolute atomic E-state index is 0. The summed E-state index contributed by atoms with van der Waals surface area (Å²) >= 11 is 0. The van der Waals surface area contributed by atoms with Gasteiger partial charge in [0, 0.05) is 0 Å². The zero-order chi connectivity index (χ0) is 6.00. The van der Waals surface area contributed by atoms with Crippen LogP contribution in [-0.2, 0) is 0 Å². The maximum absolute atomic E-state index is 7.00. The molecule has 0 bridgehead atoms. The molecule has 8 heavy (non-hydrogen) atoms. The van der Waals surface area contributed by atoms with Crippen LogP contribution in [0.4, 0.5) is 0 Å². The Kier molecular flexibility index (Phi) is 1670. The summed E-state index contributed by atoms with van der Waals surface area (Å²) < 4.78 is 0. The van der Waals surface area contributed by atoms with E-state index in [2.05, 4.69) is 0 Å². The van der Waals surface area contributed by atoms with Gasteiger partial charge in [-0.1, -0.05) is 0 Å². The molecule has 0 aliphatic heterocycles. The monoisotopic (exact) mass is 234 g/mol. The second kappa shape index (κ2) is 373. The van der Waals surface area contributed by atoms with Gasteiger partial charge >= 0.3 is 39.6 Å². The van der Waals surface area contributed by atoms with Gasteiger partial charge in [0.05, 0.1) is 0 Å². The Hall–Kier alpha value is 1.03. The van der Waals surface area contributed by atoms with Crippen LogP contribution >= 0.6 is 0 Å². The molecule has 0 spiro atoms. The summed E-state index contributed by atoms with van der Waals surface area (Å²) in [6.45, 7) is 0. The minimum atomic E-state index is 0. The maximum atomic E-state index is 7.00. The van der Waals surface area contributed by atoms with Crippen molar-refractivity contribution in [2.45, 2.75) is 0 Å². The average molecular weight is 235 g/mol. The van der Waals surface area contributed by atoms with Crippen LogP contribution in [0.2, 0.25) is 0 Å². The van der Waals surface area contributed by atoms with Gasteiger partial charge in [-0.2, -0.15) is 0 Å².